The number of nitrogens with one attached hydrogen (secondary N) is 1. The first-order valence-corrected chi connectivity index (χ1v) is 11.3. The molecular weight excluding hydrogens is 472 g/mol. The normalized spacial score (nSPS) is 11.1. The van der Waals surface area contributed by atoms with Crippen LogP contribution in [0.1, 0.15) is 16.1 Å². The Morgan fingerprint density at radius 2 is 1.84 bits per heavy atom. The predicted octanol–water partition coefficient (Wildman–Crippen LogP) is 4.35. The summed E-state index contributed by atoms with van der Waals surface area (Å²) < 4.78 is 3.07. The van der Waals surface area contributed by atoms with E-state index in [4.69, 9.17) is 0 Å². The van der Waals surface area contributed by atoms with Crippen LogP contribution in [0.15, 0.2) is 91.5 Å². The molecule has 6 rings (SSSR count). The Morgan fingerprint density at radius 3 is 2.73 bits per heavy atom. The zero-order valence-electron chi connectivity index (χ0n) is 19.2. The lowest BCUT2D eigenvalue weighted by Gasteiger charge is -2.08. The van der Waals surface area contributed by atoms with Gasteiger partial charge in [-0.15, -0.1) is 0 Å². The fourth-order valence-corrected chi connectivity index (χ4v) is 4.22. The minimum atomic E-state index is -0.484. The lowest BCUT2D eigenvalue weighted by molar-refractivity contribution is -0.384. The molecule has 0 spiro atoms. The fraction of sp³-hybridized carbons (Fsp3) is 0.0385. The summed E-state index contributed by atoms with van der Waals surface area (Å²) in [5.74, 6) is -0.255. The van der Waals surface area contributed by atoms with Gasteiger partial charge in [0.25, 0.3) is 17.4 Å². The van der Waals surface area contributed by atoms with Crippen molar-refractivity contribution in [2.24, 2.45) is 0 Å². The van der Waals surface area contributed by atoms with E-state index in [2.05, 4.69) is 49.7 Å². The number of non-ortho nitro benzene ring substituents is 1. The van der Waals surface area contributed by atoms with Crippen LogP contribution in [0.25, 0.3) is 27.8 Å². The molecule has 11 heteroatoms. The maximum absolute atomic E-state index is 13.3. The lowest BCUT2D eigenvalue weighted by atomic mass is 10.0. The molecule has 0 radical (unpaired) electrons. The molecule has 0 fully saturated rings. The SMILES string of the molecule is O=C(Nc1cnn(Cc2cccc3ccccc23)c1)c1cc(-c2cccc([N+](=O)[O-])c2)nc2ncnn12. The van der Waals surface area contributed by atoms with Gasteiger partial charge < -0.3 is 5.32 Å². The van der Waals surface area contributed by atoms with Crippen LogP contribution in [0.5, 0.6) is 0 Å². The number of hydrogen-bond acceptors (Lipinski definition) is 7. The number of benzene rings is 3. The van der Waals surface area contributed by atoms with Gasteiger partial charge in [-0.2, -0.15) is 19.7 Å². The first-order chi connectivity index (χ1) is 18.0. The van der Waals surface area contributed by atoms with E-state index in [1.165, 1.54) is 29.0 Å². The summed E-state index contributed by atoms with van der Waals surface area (Å²) in [6.07, 6.45) is 4.61. The molecule has 0 aliphatic heterocycles. The molecule has 11 nitrogen and oxygen atoms in total. The van der Waals surface area contributed by atoms with Crippen LogP contribution >= 0.6 is 0 Å². The highest BCUT2D eigenvalue weighted by molar-refractivity contribution is 6.03. The summed E-state index contributed by atoms with van der Waals surface area (Å²) in [6.45, 7) is 0.538. The van der Waals surface area contributed by atoms with E-state index in [1.54, 1.807) is 29.2 Å². The van der Waals surface area contributed by atoms with Crippen LogP contribution < -0.4 is 5.32 Å². The average molecular weight is 490 g/mol. The van der Waals surface area contributed by atoms with Crippen LogP contribution in [0.4, 0.5) is 11.4 Å². The van der Waals surface area contributed by atoms with E-state index < -0.39 is 10.8 Å². The van der Waals surface area contributed by atoms with Crippen molar-refractivity contribution < 1.29 is 9.72 Å². The van der Waals surface area contributed by atoms with E-state index in [9.17, 15) is 14.9 Å². The molecule has 3 aromatic carbocycles. The average Bonchev–Trinajstić information content (AvgIpc) is 3.57. The first-order valence-electron chi connectivity index (χ1n) is 11.3. The van der Waals surface area contributed by atoms with Crippen LogP contribution in [-0.4, -0.2) is 40.2 Å². The Labute approximate surface area is 209 Å². The number of carbonyl (C=O) groups excluding carboxylic acids is 1. The molecule has 1 amide bonds. The minimum absolute atomic E-state index is 0.0785. The van der Waals surface area contributed by atoms with Gasteiger partial charge in [-0.25, -0.2) is 4.98 Å². The molecule has 0 saturated carbocycles. The molecule has 3 aromatic heterocycles. The second-order valence-electron chi connectivity index (χ2n) is 8.32. The molecule has 0 bridgehead atoms. The van der Waals surface area contributed by atoms with Gasteiger partial charge in [0.1, 0.15) is 12.0 Å². The number of nitrogens with zero attached hydrogens (tertiary/aromatic N) is 7. The quantitative estimate of drug-likeness (QED) is 0.271. The Kier molecular flexibility index (Phi) is 5.34. The monoisotopic (exact) mass is 490 g/mol. The first kappa shape index (κ1) is 22.0. The fourth-order valence-electron chi connectivity index (χ4n) is 4.22. The Hall–Kier alpha value is -5.45. The van der Waals surface area contributed by atoms with Gasteiger partial charge in [-0.1, -0.05) is 54.6 Å². The van der Waals surface area contributed by atoms with Gasteiger partial charge in [0.2, 0.25) is 0 Å². The van der Waals surface area contributed by atoms with Gasteiger partial charge in [0.15, 0.2) is 0 Å². The zero-order valence-corrected chi connectivity index (χ0v) is 19.2. The van der Waals surface area contributed by atoms with Gasteiger partial charge >= 0.3 is 0 Å². The number of carbonyl (C=O) groups is 1. The van der Waals surface area contributed by atoms with Crippen molar-refractivity contribution in [2.75, 3.05) is 5.32 Å². The van der Waals surface area contributed by atoms with E-state index in [0.717, 1.165) is 16.3 Å². The largest absolute Gasteiger partial charge is 0.318 e. The maximum Gasteiger partial charge on any atom is 0.274 e. The summed E-state index contributed by atoms with van der Waals surface area (Å²) >= 11 is 0. The van der Waals surface area contributed by atoms with Crippen molar-refractivity contribution in [1.82, 2.24) is 29.4 Å². The third-order valence-electron chi connectivity index (χ3n) is 5.94. The lowest BCUT2D eigenvalue weighted by Crippen LogP contribution is -2.17. The second kappa shape index (κ2) is 8.96. The van der Waals surface area contributed by atoms with E-state index in [-0.39, 0.29) is 17.2 Å². The van der Waals surface area contributed by atoms with Crippen LogP contribution in [0, 0.1) is 10.1 Å². The topological polar surface area (TPSA) is 133 Å². The Balaban J connectivity index is 1.28. The summed E-state index contributed by atoms with van der Waals surface area (Å²) in [5.41, 5.74) is 2.56. The molecule has 180 valence electrons. The number of fused-ring (bicyclic) bond motifs is 2. The molecule has 0 aliphatic rings. The van der Waals surface area contributed by atoms with Crippen molar-refractivity contribution in [1.29, 1.82) is 0 Å². The van der Waals surface area contributed by atoms with Crippen LogP contribution in [-0.2, 0) is 6.54 Å². The molecule has 0 saturated heterocycles. The number of nitro benzene ring substituents is 1. The number of rotatable bonds is 6. The highest BCUT2D eigenvalue weighted by Gasteiger charge is 2.18. The molecule has 0 aliphatic carbocycles. The van der Waals surface area contributed by atoms with Gasteiger partial charge in [0.05, 0.1) is 29.0 Å². The molecule has 3 heterocycles. The van der Waals surface area contributed by atoms with Crippen molar-refractivity contribution in [3.63, 3.8) is 0 Å². The summed E-state index contributed by atoms with van der Waals surface area (Å²) in [7, 11) is 0. The van der Waals surface area contributed by atoms with Gasteiger partial charge in [-0.05, 0) is 22.4 Å². The molecule has 0 atom stereocenters. The smallest absolute Gasteiger partial charge is 0.274 e. The van der Waals surface area contributed by atoms with Crippen molar-refractivity contribution in [2.45, 2.75) is 6.54 Å². The van der Waals surface area contributed by atoms with Gasteiger partial charge in [0, 0.05) is 23.9 Å². The molecule has 0 unspecified atom stereocenters. The number of anilines is 1. The summed E-state index contributed by atoms with van der Waals surface area (Å²) in [5, 5.41) is 24.8. The number of nitro groups is 1. The standard InChI is InChI=1S/C26H18N8O3/c35-25(30-20-13-28-32(15-20)14-19-8-3-6-17-5-1-2-10-22(17)19)24-12-23(31-26-27-16-29-33(24)26)18-7-4-9-21(11-18)34(36)37/h1-13,15-16H,14H2,(H,30,35). The van der Waals surface area contributed by atoms with Crippen molar-refractivity contribution in [3.8, 4) is 11.3 Å². The zero-order chi connectivity index (χ0) is 25.4. The predicted molar refractivity (Wildman–Crippen MR) is 136 cm³/mol. The van der Waals surface area contributed by atoms with Crippen LogP contribution in [0.3, 0.4) is 0 Å². The Morgan fingerprint density at radius 1 is 1.00 bits per heavy atom. The molecule has 6 aromatic rings. The second-order valence-corrected chi connectivity index (χ2v) is 8.32. The molecule has 37 heavy (non-hydrogen) atoms. The molecular formula is C26H18N8O3. The minimum Gasteiger partial charge on any atom is -0.318 e. The third kappa shape index (κ3) is 4.25. The number of hydrogen-bond donors (Lipinski definition) is 1. The highest BCUT2D eigenvalue weighted by atomic mass is 16.6. The van der Waals surface area contributed by atoms with E-state index >= 15 is 0 Å². The highest BCUT2D eigenvalue weighted by Crippen LogP contribution is 2.24. The van der Waals surface area contributed by atoms with Gasteiger partial charge in [-0.3, -0.25) is 19.6 Å². The maximum atomic E-state index is 13.3. The number of amides is 1. The number of aromatic nitrogens is 6. The van der Waals surface area contributed by atoms with E-state index in [0.29, 0.717) is 23.5 Å². The van der Waals surface area contributed by atoms with Crippen molar-refractivity contribution in [3.05, 3.63) is 113 Å². The Bertz CT molecular complexity index is 1800. The molecule has 1 N–H and O–H groups in total. The van der Waals surface area contributed by atoms with Crippen molar-refractivity contribution >= 4 is 33.8 Å². The van der Waals surface area contributed by atoms with E-state index in [1.807, 2.05) is 18.2 Å². The third-order valence-corrected chi connectivity index (χ3v) is 5.94. The van der Waals surface area contributed by atoms with Crippen LogP contribution in [0.2, 0.25) is 0 Å². The summed E-state index contributed by atoms with van der Waals surface area (Å²) in [6, 6.07) is 21.8. The summed E-state index contributed by atoms with van der Waals surface area (Å²) in [4.78, 5) is 32.5.